The first-order valence-electron chi connectivity index (χ1n) is 7.28. The average molecular weight is 336 g/mol. The van der Waals surface area contributed by atoms with E-state index in [2.05, 4.69) is 10.6 Å². The molecule has 0 atom stereocenters. The third kappa shape index (κ3) is 4.59. The third-order valence-corrected chi connectivity index (χ3v) is 3.34. The van der Waals surface area contributed by atoms with Crippen molar-refractivity contribution in [3.8, 4) is 11.8 Å². The largest absolute Gasteiger partial charge is 0.508 e. The van der Waals surface area contributed by atoms with Gasteiger partial charge in [0.2, 0.25) is 0 Å². The Labute approximate surface area is 144 Å². The highest BCUT2D eigenvalue weighted by Crippen LogP contribution is 2.20. The minimum Gasteiger partial charge on any atom is -0.508 e. The number of nitrogens with zero attached hydrogens (tertiary/aromatic N) is 1. The number of hydrogen-bond donors (Lipinski definition) is 4. The van der Waals surface area contributed by atoms with Crippen LogP contribution in [0.2, 0.25) is 0 Å². The predicted octanol–water partition coefficient (Wildman–Crippen LogP) is 2.06. The molecule has 0 aliphatic carbocycles. The van der Waals surface area contributed by atoms with Crippen molar-refractivity contribution in [2.45, 2.75) is 6.92 Å². The first-order chi connectivity index (χ1) is 11.9. The third-order valence-electron chi connectivity index (χ3n) is 3.34. The van der Waals surface area contributed by atoms with Crippen molar-refractivity contribution in [2.75, 3.05) is 11.1 Å². The van der Waals surface area contributed by atoms with Crippen molar-refractivity contribution in [1.29, 1.82) is 5.26 Å². The predicted molar refractivity (Wildman–Crippen MR) is 93.5 cm³/mol. The molecule has 0 unspecified atom stereocenters. The summed E-state index contributed by atoms with van der Waals surface area (Å²) in [4.78, 5) is 24.1. The summed E-state index contributed by atoms with van der Waals surface area (Å²) in [7, 11) is 0. The maximum atomic E-state index is 12.1. The number of anilines is 2. The number of nitriles is 1. The molecule has 0 saturated heterocycles. The summed E-state index contributed by atoms with van der Waals surface area (Å²) in [6, 6.07) is 12.4. The Bertz CT molecular complexity index is 880. The lowest BCUT2D eigenvalue weighted by Gasteiger charge is -2.08. The number of nitrogens with two attached hydrogens (primary N) is 1. The maximum absolute atomic E-state index is 12.1. The second-order valence-electron chi connectivity index (χ2n) is 5.22. The second kappa shape index (κ2) is 7.66. The molecule has 0 bridgehead atoms. The van der Waals surface area contributed by atoms with E-state index in [0.29, 0.717) is 22.5 Å². The van der Waals surface area contributed by atoms with Gasteiger partial charge in [-0.1, -0.05) is 0 Å². The number of rotatable bonds is 4. The van der Waals surface area contributed by atoms with E-state index in [1.165, 1.54) is 30.3 Å². The number of carbonyl (C=O) groups excluding carboxylic acids is 2. The highest BCUT2D eigenvalue weighted by Gasteiger charge is 2.12. The highest BCUT2D eigenvalue weighted by atomic mass is 16.3. The number of nitrogen functional groups attached to an aromatic ring is 1. The number of aromatic hydroxyl groups is 1. The molecule has 0 heterocycles. The van der Waals surface area contributed by atoms with Gasteiger partial charge in [0.05, 0.1) is 0 Å². The normalized spacial score (nSPS) is 10.6. The molecule has 2 aromatic carbocycles. The minimum absolute atomic E-state index is 0.0716. The van der Waals surface area contributed by atoms with Crippen LogP contribution in [0.5, 0.6) is 5.75 Å². The Morgan fingerprint density at radius 2 is 1.88 bits per heavy atom. The Hall–Kier alpha value is -3.79. The number of phenolic OH excluding ortho intramolecular Hbond substituents is 1. The van der Waals surface area contributed by atoms with E-state index >= 15 is 0 Å². The molecule has 2 amide bonds. The number of phenols is 1. The number of nitrogens with one attached hydrogen (secondary N) is 2. The molecule has 0 saturated carbocycles. The van der Waals surface area contributed by atoms with Crippen molar-refractivity contribution in [3.05, 3.63) is 65.4 Å². The van der Waals surface area contributed by atoms with Crippen LogP contribution in [0.15, 0.2) is 54.2 Å². The van der Waals surface area contributed by atoms with E-state index in [-0.39, 0.29) is 11.3 Å². The smallest absolute Gasteiger partial charge is 0.267 e. The van der Waals surface area contributed by atoms with E-state index in [1.807, 2.05) is 0 Å². The highest BCUT2D eigenvalue weighted by molar-refractivity contribution is 6.07. The molecule has 0 spiro atoms. The number of aryl methyl sites for hydroxylation is 1. The summed E-state index contributed by atoms with van der Waals surface area (Å²) in [6.07, 6.45) is 1.05. The van der Waals surface area contributed by atoms with Gasteiger partial charge in [-0.3, -0.25) is 9.59 Å². The van der Waals surface area contributed by atoms with Crippen LogP contribution >= 0.6 is 0 Å². The average Bonchev–Trinajstić information content (AvgIpc) is 2.58. The molecule has 0 aliphatic rings. The zero-order chi connectivity index (χ0) is 18.4. The van der Waals surface area contributed by atoms with Gasteiger partial charge in [0.1, 0.15) is 17.4 Å². The Morgan fingerprint density at radius 1 is 1.20 bits per heavy atom. The lowest BCUT2D eigenvalue weighted by Crippen LogP contribution is -2.21. The molecular weight excluding hydrogens is 320 g/mol. The van der Waals surface area contributed by atoms with Gasteiger partial charge in [-0.25, -0.2) is 0 Å². The van der Waals surface area contributed by atoms with Gasteiger partial charge in [0, 0.05) is 23.1 Å². The second-order valence-corrected chi connectivity index (χ2v) is 5.22. The van der Waals surface area contributed by atoms with Crippen LogP contribution in [-0.4, -0.2) is 16.9 Å². The topological polar surface area (TPSA) is 128 Å². The molecule has 0 aliphatic heterocycles. The molecule has 7 nitrogen and oxygen atoms in total. The molecule has 2 rings (SSSR count). The molecule has 0 fully saturated rings. The standard InChI is InChI=1S/C18H16N4O3/c1-11-8-15(23)6-7-16(11)22-18(25)13(9-19)10-21-17(24)12-2-4-14(20)5-3-12/h2-8,10,23H,20H2,1H3,(H,21,24)(H,22,25)/b13-10-. The van der Waals surface area contributed by atoms with Gasteiger partial charge in [-0.2, -0.15) is 5.26 Å². The molecule has 0 radical (unpaired) electrons. The van der Waals surface area contributed by atoms with Gasteiger partial charge in [0.15, 0.2) is 0 Å². The molecule has 7 heteroatoms. The monoisotopic (exact) mass is 336 g/mol. The fraction of sp³-hybridized carbons (Fsp3) is 0.0556. The van der Waals surface area contributed by atoms with Crippen LogP contribution in [0.1, 0.15) is 15.9 Å². The summed E-state index contributed by atoms with van der Waals surface area (Å²) >= 11 is 0. The maximum Gasteiger partial charge on any atom is 0.267 e. The lowest BCUT2D eigenvalue weighted by molar-refractivity contribution is -0.112. The number of benzene rings is 2. The van der Waals surface area contributed by atoms with Crippen molar-refractivity contribution in [2.24, 2.45) is 0 Å². The van der Waals surface area contributed by atoms with Gasteiger partial charge in [-0.15, -0.1) is 0 Å². The number of carbonyl (C=O) groups is 2. The van der Waals surface area contributed by atoms with Crippen LogP contribution < -0.4 is 16.4 Å². The van der Waals surface area contributed by atoms with Crippen LogP contribution in [0.3, 0.4) is 0 Å². The van der Waals surface area contributed by atoms with Crippen molar-refractivity contribution in [1.82, 2.24) is 5.32 Å². The Morgan fingerprint density at radius 3 is 2.48 bits per heavy atom. The van der Waals surface area contributed by atoms with E-state index in [0.717, 1.165) is 6.20 Å². The van der Waals surface area contributed by atoms with Crippen LogP contribution in [0.25, 0.3) is 0 Å². The molecule has 2 aromatic rings. The van der Waals surface area contributed by atoms with Gasteiger partial charge in [0.25, 0.3) is 11.8 Å². The molecule has 0 aromatic heterocycles. The van der Waals surface area contributed by atoms with E-state index < -0.39 is 11.8 Å². The summed E-state index contributed by atoms with van der Waals surface area (Å²) in [5, 5.41) is 23.4. The number of amides is 2. The zero-order valence-electron chi connectivity index (χ0n) is 13.4. The molecule has 5 N–H and O–H groups in total. The number of hydrogen-bond acceptors (Lipinski definition) is 5. The first kappa shape index (κ1) is 17.6. The summed E-state index contributed by atoms with van der Waals surface area (Å²) in [5.41, 5.74) is 7.24. The SMILES string of the molecule is Cc1cc(O)ccc1NC(=O)/C(C#N)=C\NC(=O)c1ccc(N)cc1. The van der Waals surface area contributed by atoms with E-state index in [1.54, 1.807) is 25.1 Å². The van der Waals surface area contributed by atoms with Crippen molar-refractivity contribution >= 4 is 23.2 Å². The quantitative estimate of drug-likeness (QED) is 0.294. The summed E-state index contributed by atoms with van der Waals surface area (Å²) in [5.74, 6) is -1.07. The van der Waals surface area contributed by atoms with Crippen LogP contribution in [0.4, 0.5) is 11.4 Å². The fourth-order valence-electron chi connectivity index (χ4n) is 1.98. The zero-order valence-corrected chi connectivity index (χ0v) is 13.4. The molecular formula is C18H16N4O3. The van der Waals surface area contributed by atoms with E-state index in [9.17, 15) is 14.7 Å². The lowest BCUT2D eigenvalue weighted by atomic mass is 10.1. The summed E-state index contributed by atoms with van der Waals surface area (Å²) < 4.78 is 0. The minimum atomic E-state index is -0.672. The van der Waals surface area contributed by atoms with Crippen LogP contribution in [0, 0.1) is 18.3 Å². The van der Waals surface area contributed by atoms with Crippen molar-refractivity contribution in [3.63, 3.8) is 0 Å². The Balaban J connectivity index is 2.08. The summed E-state index contributed by atoms with van der Waals surface area (Å²) in [6.45, 7) is 1.70. The van der Waals surface area contributed by atoms with Gasteiger partial charge >= 0.3 is 0 Å². The van der Waals surface area contributed by atoms with Gasteiger partial charge in [-0.05, 0) is 55.0 Å². The Kier molecular flexibility index (Phi) is 5.38. The van der Waals surface area contributed by atoms with Crippen molar-refractivity contribution < 1.29 is 14.7 Å². The first-order valence-corrected chi connectivity index (χ1v) is 7.28. The van der Waals surface area contributed by atoms with E-state index in [4.69, 9.17) is 11.0 Å². The molecule has 25 heavy (non-hydrogen) atoms. The molecule has 126 valence electrons. The van der Waals surface area contributed by atoms with Crippen LogP contribution in [-0.2, 0) is 4.79 Å². The van der Waals surface area contributed by atoms with Gasteiger partial charge < -0.3 is 21.5 Å². The fourth-order valence-corrected chi connectivity index (χ4v) is 1.98.